The van der Waals surface area contributed by atoms with E-state index in [-0.39, 0.29) is 18.2 Å². The number of nitrogens with one attached hydrogen (secondary N) is 2. The molecule has 0 aromatic heterocycles. The van der Waals surface area contributed by atoms with Crippen LogP contribution in [0, 0.1) is 0 Å². The van der Waals surface area contributed by atoms with Crippen molar-refractivity contribution in [3.8, 4) is 5.75 Å². The van der Waals surface area contributed by atoms with E-state index in [0.29, 0.717) is 28.7 Å². The molecule has 1 aliphatic heterocycles. The molecule has 0 aliphatic carbocycles. The maximum absolute atomic E-state index is 12.5. The minimum Gasteiger partial charge on any atom is -0.496 e. The third kappa shape index (κ3) is 3.97. The van der Waals surface area contributed by atoms with Crippen molar-refractivity contribution in [1.29, 1.82) is 0 Å². The number of rotatable bonds is 5. The molecule has 134 valence electrons. The maximum Gasteiger partial charge on any atom is 0.269 e. The molecule has 2 amide bonds. The molecule has 2 N–H and O–H groups in total. The van der Waals surface area contributed by atoms with Crippen LogP contribution in [-0.2, 0) is 16.1 Å². The number of nitrogens with zero attached hydrogens (tertiary/aromatic N) is 1. The van der Waals surface area contributed by atoms with Crippen molar-refractivity contribution in [3.63, 3.8) is 0 Å². The Morgan fingerprint density at radius 2 is 1.96 bits per heavy atom. The summed E-state index contributed by atoms with van der Waals surface area (Å²) in [6, 6.07) is 14.3. The van der Waals surface area contributed by atoms with E-state index in [0.717, 1.165) is 5.56 Å². The summed E-state index contributed by atoms with van der Waals surface area (Å²) < 4.78 is 5.28. The summed E-state index contributed by atoms with van der Waals surface area (Å²) in [7, 11) is 1.58. The number of amides is 2. The number of anilines is 1. The van der Waals surface area contributed by atoms with Gasteiger partial charge < -0.3 is 10.1 Å². The topological polar surface area (TPSA) is 70.7 Å². The molecule has 7 heteroatoms. The second-order valence-corrected chi connectivity index (χ2v) is 6.07. The summed E-state index contributed by atoms with van der Waals surface area (Å²) in [6.45, 7) is 0.316. The third-order valence-electron chi connectivity index (χ3n) is 3.92. The maximum atomic E-state index is 12.5. The number of halogens is 1. The van der Waals surface area contributed by atoms with Crippen LogP contribution in [0.5, 0.6) is 5.75 Å². The van der Waals surface area contributed by atoms with E-state index in [1.165, 1.54) is 5.01 Å². The van der Waals surface area contributed by atoms with Crippen molar-refractivity contribution in [2.24, 2.45) is 0 Å². The first-order valence-electron chi connectivity index (χ1n) is 8.04. The Morgan fingerprint density at radius 3 is 2.69 bits per heavy atom. The molecule has 0 fully saturated rings. The van der Waals surface area contributed by atoms with Gasteiger partial charge in [0.1, 0.15) is 11.4 Å². The lowest BCUT2D eigenvalue weighted by Crippen LogP contribution is -2.48. The van der Waals surface area contributed by atoms with Gasteiger partial charge in [-0.05, 0) is 36.4 Å². The molecule has 0 bridgehead atoms. The quantitative estimate of drug-likeness (QED) is 0.847. The molecule has 0 radical (unpaired) electrons. The smallest absolute Gasteiger partial charge is 0.269 e. The molecule has 0 saturated heterocycles. The van der Waals surface area contributed by atoms with E-state index < -0.39 is 0 Å². The first-order chi connectivity index (χ1) is 12.6. The predicted molar refractivity (Wildman–Crippen MR) is 99.6 cm³/mol. The molecule has 1 heterocycles. The summed E-state index contributed by atoms with van der Waals surface area (Å²) in [5.41, 5.74) is 4.66. The molecule has 26 heavy (non-hydrogen) atoms. The minimum atomic E-state index is -0.303. The molecular formula is C19H18ClN3O3. The van der Waals surface area contributed by atoms with Crippen molar-refractivity contribution in [1.82, 2.24) is 10.7 Å². The summed E-state index contributed by atoms with van der Waals surface area (Å²) in [4.78, 5) is 24.6. The van der Waals surface area contributed by atoms with Crippen LogP contribution in [0.15, 0.2) is 60.3 Å². The number of hydrogen-bond donors (Lipinski definition) is 2. The van der Waals surface area contributed by atoms with Gasteiger partial charge >= 0.3 is 0 Å². The number of para-hydroxylation sites is 1. The van der Waals surface area contributed by atoms with Gasteiger partial charge in [0, 0.05) is 23.6 Å². The number of carbonyl (C=O) groups excluding carboxylic acids is 2. The Hall–Kier alpha value is -2.99. The highest BCUT2D eigenvalue weighted by molar-refractivity contribution is 6.30. The summed E-state index contributed by atoms with van der Waals surface area (Å²) in [6.07, 6.45) is 1.71. The molecule has 0 atom stereocenters. The number of carbonyl (C=O) groups is 2. The fourth-order valence-electron chi connectivity index (χ4n) is 2.57. The largest absolute Gasteiger partial charge is 0.496 e. The molecule has 0 spiro atoms. The van der Waals surface area contributed by atoms with E-state index in [2.05, 4.69) is 10.7 Å². The van der Waals surface area contributed by atoms with Gasteiger partial charge in [0.2, 0.25) is 5.91 Å². The summed E-state index contributed by atoms with van der Waals surface area (Å²) in [5.74, 6) is 0.243. The SMILES string of the molecule is COc1ccccc1CNC(=O)C1=CCC(=O)N(c2ccc(Cl)cc2)N1. The first kappa shape index (κ1) is 17.8. The van der Waals surface area contributed by atoms with Crippen molar-refractivity contribution >= 4 is 29.1 Å². The van der Waals surface area contributed by atoms with Crippen LogP contribution in [-0.4, -0.2) is 18.9 Å². The standard InChI is InChI=1S/C19H18ClN3O3/c1-26-17-5-3-2-4-13(17)12-21-19(25)16-10-11-18(24)23(22-16)15-8-6-14(20)7-9-15/h2-10,22H,11-12H2,1H3,(H,21,25). The van der Waals surface area contributed by atoms with Crippen molar-refractivity contribution in [2.45, 2.75) is 13.0 Å². The summed E-state index contributed by atoms with van der Waals surface area (Å²) in [5, 5.41) is 4.74. The van der Waals surface area contributed by atoms with Gasteiger partial charge in [-0.1, -0.05) is 29.8 Å². The highest BCUT2D eigenvalue weighted by Gasteiger charge is 2.24. The molecule has 0 saturated carbocycles. The Kier molecular flexibility index (Phi) is 5.43. The zero-order valence-electron chi connectivity index (χ0n) is 14.2. The monoisotopic (exact) mass is 371 g/mol. The van der Waals surface area contributed by atoms with Gasteiger partial charge in [-0.2, -0.15) is 0 Å². The fraction of sp³-hybridized carbons (Fsp3) is 0.158. The van der Waals surface area contributed by atoms with Crippen LogP contribution in [0.3, 0.4) is 0 Å². The van der Waals surface area contributed by atoms with E-state index in [4.69, 9.17) is 16.3 Å². The molecular weight excluding hydrogens is 354 g/mol. The number of ether oxygens (including phenoxy) is 1. The van der Waals surface area contributed by atoms with Crippen LogP contribution in [0.2, 0.25) is 5.02 Å². The van der Waals surface area contributed by atoms with Gasteiger partial charge in [0.25, 0.3) is 5.91 Å². The van der Waals surface area contributed by atoms with E-state index in [1.54, 1.807) is 37.5 Å². The second kappa shape index (κ2) is 7.93. The molecule has 2 aromatic carbocycles. The Labute approximate surface area is 156 Å². The van der Waals surface area contributed by atoms with Crippen molar-refractivity contribution in [3.05, 3.63) is 70.9 Å². The molecule has 2 aromatic rings. The van der Waals surface area contributed by atoms with Crippen LogP contribution in [0.1, 0.15) is 12.0 Å². The average molecular weight is 372 g/mol. The highest BCUT2D eigenvalue weighted by Crippen LogP contribution is 2.21. The van der Waals surface area contributed by atoms with Crippen LogP contribution < -0.4 is 20.5 Å². The molecule has 0 unspecified atom stereocenters. The minimum absolute atomic E-state index is 0.132. The normalized spacial score (nSPS) is 13.7. The van der Waals surface area contributed by atoms with E-state index >= 15 is 0 Å². The van der Waals surface area contributed by atoms with E-state index in [1.807, 2.05) is 24.3 Å². The van der Waals surface area contributed by atoms with Crippen LogP contribution >= 0.6 is 11.6 Å². The van der Waals surface area contributed by atoms with Gasteiger partial charge in [-0.15, -0.1) is 0 Å². The van der Waals surface area contributed by atoms with Crippen LogP contribution in [0.25, 0.3) is 0 Å². The zero-order valence-corrected chi connectivity index (χ0v) is 14.9. The van der Waals surface area contributed by atoms with Gasteiger partial charge in [0.15, 0.2) is 0 Å². The Bertz CT molecular complexity index is 849. The van der Waals surface area contributed by atoms with Crippen LogP contribution in [0.4, 0.5) is 5.69 Å². The average Bonchev–Trinajstić information content (AvgIpc) is 2.67. The number of methoxy groups -OCH3 is 1. The molecule has 3 rings (SSSR count). The first-order valence-corrected chi connectivity index (χ1v) is 8.41. The number of hydrazine groups is 1. The lowest BCUT2D eigenvalue weighted by molar-refractivity contribution is -0.120. The molecule has 6 nitrogen and oxygen atoms in total. The summed E-state index contributed by atoms with van der Waals surface area (Å²) >= 11 is 5.88. The lowest BCUT2D eigenvalue weighted by atomic mass is 10.2. The fourth-order valence-corrected chi connectivity index (χ4v) is 2.70. The van der Waals surface area contributed by atoms with E-state index in [9.17, 15) is 9.59 Å². The Balaban J connectivity index is 1.67. The molecule has 1 aliphatic rings. The second-order valence-electron chi connectivity index (χ2n) is 5.63. The number of benzene rings is 2. The Morgan fingerprint density at radius 1 is 1.23 bits per heavy atom. The highest BCUT2D eigenvalue weighted by atomic mass is 35.5. The van der Waals surface area contributed by atoms with Crippen molar-refractivity contribution in [2.75, 3.05) is 12.1 Å². The predicted octanol–water partition coefficient (Wildman–Crippen LogP) is 2.79. The third-order valence-corrected chi connectivity index (χ3v) is 4.18. The van der Waals surface area contributed by atoms with Gasteiger partial charge in [0.05, 0.1) is 12.8 Å². The zero-order chi connectivity index (χ0) is 18.5. The van der Waals surface area contributed by atoms with Crippen molar-refractivity contribution < 1.29 is 14.3 Å². The van der Waals surface area contributed by atoms with Gasteiger partial charge in [-0.25, -0.2) is 5.01 Å². The lowest BCUT2D eigenvalue weighted by Gasteiger charge is -2.28. The number of hydrogen-bond acceptors (Lipinski definition) is 4. The van der Waals surface area contributed by atoms with Gasteiger partial charge in [-0.3, -0.25) is 15.0 Å².